The molecule has 1 amide bonds. The fourth-order valence-electron chi connectivity index (χ4n) is 3.02. The molecule has 2 aromatic carbocycles. The molecule has 1 heterocycles. The topological polar surface area (TPSA) is 50.8 Å². The molecule has 0 spiro atoms. The van der Waals surface area contributed by atoms with Crippen LogP contribution >= 0.6 is 0 Å². The van der Waals surface area contributed by atoms with Crippen molar-refractivity contribution >= 4 is 6.09 Å². The van der Waals surface area contributed by atoms with E-state index in [1.165, 1.54) is 5.56 Å². The van der Waals surface area contributed by atoms with Crippen LogP contribution in [0.15, 0.2) is 54.6 Å². The average Bonchev–Trinajstić information content (AvgIpc) is 2.65. The molecule has 5 nitrogen and oxygen atoms in total. The van der Waals surface area contributed by atoms with E-state index in [-0.39, 0.29) is 6.04 Å². The van der Waals surface area contributed by atoms with Gasteiger partial charge in [-0.15, -0.1) is 0 Å². The minimum atomic E-state index is -0.397. The largest absolute Gasteiger partial charge is 0.497 e. The van der Waals surface area contributed by atoms with Gasteiger partial charge >= 0.3 is 6.09 Å². The molecule has 1 fully saturated rings. The number of hydrogen-bond donors (Lipinski definition) is 1. The number of hydrogen-bond acceptors (Lipinski definition) is 4. The summed E-state index contributed by atoms with van der Waals surface area (Å²) in [6, 6.07) is 17.6. The van der Waals surface area contributed by atoms with Crippen LogP contribution in [0.3, 0.4) is 0 Å². The van der Waals surface area contributed by atoms with Gasteiger partial charge in [0.25, 0.3) is 0 Å². The number of rotatable bonds is 5. The molecular formula is C20H24N2O3. The SMILES string of the molecule is COc1ccc(OC(=O)NC2CCN(Cc3ccccc3)CC2)cc1. The van der Waals surface area contributed by atoms with E-state index in [2.05, 4.69) is 34.5 Å². The molecule has 1 aliphatic heterocycles. The molecule has 2 aromatic rings. The Bertz CT molecular complexity index is 665. The van der Waals surface area contributed by atoms with Crippen LogP contribution < -0.4 is 14.8 Å². The summed E-state index contributed by atoms with van der Waals surface area (Å²) in [5.74, 6) is 1.25. The van der Waals surface area contributed by atoms with Gasteiger partial charge in [-0.05, 0) is 42.7 Å². The fraction of sp³-hybridized carbons (Fsp3) is 0.350. The smallest absolute Gasteiger partial charge is 0.412 e. The Balaban J connectivity index is 1.41. The molecule has 0 bridgehead atoms. The van der Waals surface area contributed by atoms with Crippen molar-refractivity contribution in [3.05, 3.63) is 60.2 Å². The molecular weight excluding hydrogens is 316 g/mol. The van der Waals surface area contributed by atoms with Gasteiger partial charge in [-0.3, -0.25) is 4.90 Å². The summed E-state index contributed by atoms with van der Waals surface area (Å²) < 4.78 is 10.4. The third-order valence-electron chi connectivity index (χ3n) is 4.43. The van der Waals surface area contributed by atoms with Crippen molar-refractivity contribution in [1.29, 1.82) is 0 Å². The summed E-state index contributed by atoms with van der Waals surface area (Å²) in [7, 11) is 1.60. The van der Waals surface area contributed by atoms with Gasteiger partial charge in [-0.1, -0.05) is 30.3 Å². The van der Waals surface area contributed by atoms with Crippen molar-refractivity contribution in [2.24, 2.45) is 0 Å². The van der Waals surface area contributed by atoms with Gasteiger partial charge in [0.05, 0.1) is 7.11 Å². The van der Waals surface area contributed by atoms with Gasteiger partial charge in [0.2, 0.25) is 0 Å². The maximum atomic E-state index is 12.0. The maximum Gasteiger partial charge on any atom is 0.412 e. The molecule has 1 saturated heterocycles. The Morgan fingerprint density at radius 1 is 1.04 bits per heavy atom. The Labute approximate surface area is 148 Å². The van der Waals surface area contributed by atoms with Crippen LogP contribution in [0.1, 0.15) is 18.4 Å². The van der Waals surface area contributed by atoms with E-state index < -0.39 is 6.09 Å². The number of piperidine rings is 1. The summed E-state index contributed by atoms with van der Waals surface area (Å²) in [6.45, 7) is 2.91. The lowest BCUT2D eigenvalue weighted by molar-refractivity contribution is 0.169. The summed E-state index contributed by atoms with van der Waals surface area (Å²) in [5.41, 5.74) is 1.33. The highest BCUT2D eigenvalue weighted by Crippen LogP contribution is 2.18. The van der Waals surface area contributed by atoms with Crippen LogP contribution in [0.2, 0.25) is 0 Å². The lowest BCUT2D eigenvalue weighted by atomic mass is 10.0. The van der Waals surface area contributed by atoms with Gasteiger partial charge < -0.3 is 14.8 Å². The molecule has 5 heteroatoms. The minimum Gasteiger partial charge on any atom is -0.497 e. The first kappa shape index (κ1) is 17.3. The second-order valence-electron chi connectivity index (χ2n) is 6.25. The second kappa shape index (κ2) is 8.53. The van der Waals surface area contributed by atoms with Gasteiger partial charge in [0, 0.05) is 25.7 Å². The normalized spacial score (nSPS) is 15.6. The quantitative estimate of drug-likeness (QED) is 0.906. The first-order valence-corrected chi connectivity index (χ1v) is 8.61. The summed E-state index contributed by atoms with van der Waals surface area (Å²) >= 11 is 0. The molecule has 0 atom stereocenters. The van der Waals surface area contributed by atoms with Crippen molar-refractivity contribution in [1.82, 2.24) is 10.2 Å². The molecule has 0 saturated carbocycles. The second-order valence-corrected chi connectivity index (χ2v) is 6.25. The summed E-state index contributed by atoms with van der Waals surface area (Å²) in [5, 5.41) is 2.96. The Morgan fingerprint density at radius 3 is 2.32 bits per heavy atom. The lowest BCUT2D eigenvalue weighted by Crippen LogP contribution is -2.45. The zero-order chi connectivity index (χ0) is 17.5. The molecule has 0 aromatic heterocycles. The molecule has 3 rings (SSSR count). The van der Waals surface area contributed by atoms with Crippen LogP contribution in [0.5, 0.6) is 11.5 Å². The summed E-state index contributed by atoms with van der Waals surface area (Å²) in [6.07, 6.45) is 1.47. The van der Waals surface area contributed by atoms with Crippen molar-refractivity contribution < 1.29 is 14.3 Å². The molecule has 1 N–H and O–H groups in total. The van der Waals surface area contributed by atoms with Crippen LogP contribution in [0.25, 0.3) is 0 Å². The highest BCUT2D eigenvalue weighted by Gasteiger charge is 2.21. The molecule has 25 heavy (non-hydrogen) atoms. The van der Waals surface area contributed by atoms with Gasteiger partial charge in [-0.2, -0.15) is 0 Å². The first-order valence-electron chi connectivity index (χ1n) is 8.61. The van der Waals surface area contributed by atoms with Crippen LogP contribution in [0, 0.1) is 0 Å². The Morgan fingerprint density at radius 2 is 1.68 bits per heavy atom. The van der Waals surface area contributed by atoms with Gasteiger partial charge in [0.1, 0.15) is 11.5 Å². The number of benzene rings is 2. The van der Waals surface area contributed by atoms with E-state index in [1.54, 1.807) is 31.4 Å². The lowest BCUT2D eigenvalue weighted by Gasteiger charge is -2.32. The monoisotopic (exact) mass is 340 g/mol. The maximum absolute atomic E-state index is 12.0. The number of ether oxygens (including phenoxy) is 2. The molecule has 1 aliphatic rings. The van der Waals surface area contributed by atoms with E-state index in [1.807, 2.05) is 6.07 Å². The van der Waals surface area contributed by atoms with E-state index >= 15 is 0 Å². The molecule has 132 valence electrons. The van der Waals surface area contributed by atoms with Crippen molar-refractivity contribution in [2.75, 3.05) is 20.2 Å². The number of nitrogens with zero attached hydrogens (tertiary/aromatic N) is 1. The zero-order valence-electron chi connectivity index (χ0n) is 14.5. The van der Waals surface area contributed by atoms with Crippen molar-refractivity contribution in [3.63, 3.8) is 0 Å². The number of likely N-dealkylation sites (tertiary alicyclic amines) is 1. The van der Waals surface area contributed by atoms with E-state index in [9.17, 15) is 4.79 Å². The first-order chi connectivity index (χ1) is 12.2. The van der Waals surface area contributed by atoms with Crippen LogP contribution in [-0.2, 0) is 6.54 Å². The van der Waals surface area contributed by atoms with E-state index in [4.69, 9.17) is 9.47 Å². The van der Waals surface area contributed by atoms with Crippen molar-refractivity contribution in [3.8, 4) is 11.5 Å². The van der Waals surface area contributed by atoms with Gasteiger partial charge in [-0.25, -0.2) is 4.79 Å². The number of carbonyl (C=O) groups is 1. The standard InChI is InChI=1S/C20H24N2O3/c1-24-18-7-9-19(10-8-18)25-20(23)21-17-11-13-22(14-12-17)15-16-5-3-2-4-6-16/h2-10,17H,11-15H2,1H3,(H,21,23). The predicted octanol–water partition coefficient (Wildman–Crippen LogP) is 3.45. The third kappa shape index (κ3) is 5.22. The fourth-order valence-corrected chi connectivity index (χ4v) is 3.02. The summed E-state index contributed by atoms with van der Waals surface area (Å²) in [4.78, 5) is 14.4. The highest BCUT2D eigenvalue weighted by molar-refractivity contribution is 5.70. The van der Waals surface area contributed by atoms with Crippen LogP contribution in [0.4, 0.5) is 4.79 Å². The number of methoxy groups -OCH3 is 1. The number of nitrogens with one attached hydrogen (secondary N) is 1. The molecule has 0 unspecified atom stereocenters. The van der Waals surface area contributed by atoms with E-state index in [0.29, 0.717) is 5.75 Å². The number of amides is 1. The Kier molecular flexibility index (Phi) is 5.90. The highest BCUT2D eigenvalue weighted by atomic mass is 16.6. The molecule has 0 radical (unpaired) electrons. The molecule has 0 aliphatic carbocycles. The predicted molar refractivity (Wildman–Crippen MR) is 96.9 cm³/mol. The van der Waals surface area contributed by atoms with E-state index in [0.717, 1.165) is 38.2 Å². The van der Waals surface area contributed by atoms with Gasteiger partial charge in [0.15, 0.2) is 0 Å². The zero-order valence-corrected chi connectivity index (χ0v) is 14.5. The van der Waals surface area contributed by atoms with Crippen molar-refractivity contribution in [2.45, 2.75) is 25.4 Å². The number of carbonyl (C=O) groups excluding carboxylic acids is 1. The van der Waals surface area contributed by atoms with Crippen LogP contribution in [-0.4, -0.2) is 37.2 Å². The third-order valence-corrected chi connectivity index (χ3v) is 4.43. The Hall–Kier alpha value is -2.53. The minimum absolute atomic E-state index is 0.165. The average molecular weight is 340 g/mol.